The topological polar surface area (TPSA) is 18.5 Å². The summed E-state index contributed by atoms with van der Waals surface area (Å²) < 4.78 is 13.6. The van der Waals surface area contributed by atoms with E-state index < -0.39 is 15.8 Å². The summed E-state index contributed by atoms with van der Waals surface area (Å²) in [6, 6.07) is 54.0. The summed E-state index contributed by atoms with van der Waals surface area (Å²) >= 11 is 0. The molecular weight excluding hydrogens is 514 g/mol. The molecule has 1 aliphatic heterocycles. The molecular formula is C35H32O2P2. The number of ether oxygens (including phenoxy) is 2. The van der Waals surface area contributed by atoms with Crippen molar-refractivity contribution >= 4 is 37.1 Å². The average molecular weight is 547 g/mol. The van der Waals surface area contributed by atoms with Gasteiger partial charge in [-0.1, -0.05) is 152 Å². The van der Waals surface area contributed by atoms with Gasteiger partial charge in [0.25, 0.3) is 0 Å². The first-order valence-corrected chi connectivity index (χ1v) is 16.5. The van der Waals surface area contributed by atoms with Crippen LogP contribution in [-0.4, -0.2) is 24.5 Å². The highest BCUT2D eigenvalue weighted by Gasteiger charge is 2.40. The molecule has 4 heteroatoms. The minimum absolute atomic E-state index is 0.0147. The molecule has 0 N–H and O–H groups in total. The molecule has 2 atom stereocenters. The summed E-state index contributed by atoms with van der Waals surface area (Å²) in [5.41, 5.74) is 1.08. The highest BCUT2D eigenvalue weighted by atomic mass is 31.1. The Morgan fingerprint density at radius 1 is 0.385 bits per heavy atom. The van der Waals surface area contributed by atoms with Crippen molar-refractivity contribution in [2.24, 2.45) is 0 Å². The van der Waals surface area contributed by atoms with Crippen molar-refractivity contribution in [2.45, 2.75) is 18.5 Å². The van der Waals surface area contributed by atoms with Crippen LogP contribution in [0.5, 0.6) is 0 Å². The van der Waals surface area contributed by atoms with Gasteiger partial charge in [0, 0.05) is 17.9 Å². The molecule has 5 aromatic carbocycles. The maximum absolute atomic E-state index is 6.81. The molecule has 6 rings (SSSR count). The molecule has 1 heterocycles. The Balaban J connectivity index is 1.35. The Bertz CT molecular complexity index is 1240. The third-order valence-electron chi connectivity index (χ3n) is 7.08. The van der Waals surface area contributed by atoms with Gasteiger partial charge >= 0.3 is 0 Å². The summed E-state index contributed by atoms with van der Waals surface area (Å²) in [4.78, 5) is 0. The molecule has 0 unspecified atom stereocenters. The van der Waals surface area contributed by atoms with Gasteiger partial charge in [-0.05, 0) is 37.1 Å². The van der Waals surface area contributed by atoms with Gasteiger partial charge in [0.2, 0.25) is 0 Å². The Morgan fingerprint density at radius 3 is 0.974 bits per heavy atom. The lowest BCUT2D eigenvalue weighted by Crippen LogP contribution is -2.33. The first-order chi connectivity index (χ1) is 19.3. The highest BCUT2D eigenvalue weighted by Crippen LogP contribution is 2.45. The molecule has 0 radical (unpaired) electrons. The fourth-order valence-electron chi connectivity index (χ4n) is 5.12. The van der Waals surface area contributed by atoms with Gasteiger partial charge < -0.3 is 9.47 Å². The minimum atomic E-state index is -0.608. The van der Waals surface area contributed by atoms with Crippen LogP contribution >= 0.6 is 15.8 Å². The molecule has 39 heavy (non-hydrogen) atoms. The van der Waals surface area contributed by atoms with E-state index in [-0.39, 0.29) is 18.5 Å². The minimum Gasteiger partial charge on any atom is -0.342 e. The van der Waals surface area contributed by atoms with E-state index in [1.165, 1.54) is 21.2 Å². The normalized spacial score (nSPS) is 17.6. The molecule has 1 saturated heterocycles. The first kappa shape index (κ1) is 26.1. The summed E-state index contributed by atoms with van der Waals surface area (Å²) in [7, 11) is -1.22. The van der Waals surface area contributed by atoms with Gasteiger partial charge in [0.05, 0.1) is 12.2 Å². The highest BCUT2D eigenvalue weighted by molar-refractivity contribution is 7.73. The maximum Gasteiger partial charge on any atom is 0.184 e. The summed E-state index contributed by atoms with van der Waals surface area (Å²) in [6.45, 7) is 0. The lowest BCUT2D eigenvalue weighted by atomic mass is 10.2. The van der Waals surface area contributed by atoms with Crippen LogP contribution in [0.1, 0.15) is 11.9 Å². The van der Waals surface area contributed by atoms with E-state index >= 15 is 0 Å². The molecule has 194 valence electrons. The lowest BCUT2D eigenvalue weighted by molar-refractivity contribution is -0.0645. The van der Waals surface area contributed by atoms with Crippen molar-refractivity contribution in [3.63, 3.8) is 0 Å². The Morgan fingerprint density at radius 2 is 0.667 bits per heavy atom. The van der Waals surface area contributed by atoms with Crippen LogP contribution in [0.2, 0.25) is 0 Å². The van der Waals surface area contributed by atoms with Gasteiger partial charge in [-0.25, -0.2) is 0 Å². The Hall–Kier alpha value is -3.12. The smallest absolute Gasteiger partial charge is 0.184 e. The fourth-order valence-corrected chi connectivity index (χ4v) is 10.1. The van der Waals surface area contributed by atoms with Crippen molar-refractivity contribution in [2.75, 3.05) is 12.3 Å². The quantitative estimate of drug-likeness (QED) is 0.191. The molecule has 0 aromatic heterocycles. The van der Waals surface area contributed by atoms with Crippen LogP contribution < -0.4 is 21.2 Å². The molecule has 2 nitrogen and oxygen atoms in total. The van der Waals surface area contributed by atoms with Crippen molar-refractivity contribution < 1.29 is 9.47 Å². The Kier molecular flexibility index (Phi) is 8.59. The van der Waals surface area contributed by atoms with Crippen molar-refractivity contribution in [1.29, 1.82) is 0 Å². The summed E-state index contributed by atoms with van der Waals surface area (Å²) in [6.07, 6.45) is 1.46. The fraction of sp³-hybridized carbons (Fsp3) is 0.143. The molecule has 1 fully saturated rings. The van der Waals surface area contributed by atoms with E-state index in [0.717, 1.165) is 17.9 Å². The molecule has 0 aliphatic carbocycles. The van der Waals surface area contributed by atoms with E-state index in [0.29, 0.717) is 0 Å². The number of benzene rings is 5. The van der Waals surface area contributed by atoms with Gasteiger partial charge in [-0.15, -0.1) is 0 Å². The summed E-state index contributed by atoms with van der Waals surface area (Å²) in [5, 5.41) is 5.49. The monoisotopic (exact) mass is 546 g/mol. The number of rotatable bonds is 9. The second-order valence-corrected chi connectivity index (χ2v) is 14.2. The molecule has 0 bridgehead atoms. The van der Waals surface area contributed by atoms with Crippen LogP contribution in [-0.2, 0) is 9.47 Å². The van der Waals surface area contributed by atoms with Gasteiger partial charge in [-0.3, -0.25) is 0 Å². The standard InChI is InChI=1S/C35H32O2P2/c1-6-16-28(17-7-1)35-36-33(26-38(29-18-8-2-9-19-29)30-20-10-3-11-21-30)34(37-35)27-39(31-22-12-4-13-23-31)32-24-14-5-15-25-32/h1-25,33-35H,26-27H2/t33-,34-/m0/s1. The van der Waals surface area contributed by atoms with E-state index in [1.54, 1.807) is 0 Å². The third kappa shape index (κ3) is 6.38. The molecule has 0 amide bonds. The SMILES string of the molecule is c1ccc(C2O[C@@H](CP(c3ccccc3)c3ccccc3)[C@H](CP(c3ccccc3)c3ccccc3)O2)cc1. The van der Waals surface area contributed by atoms with E-state index in [2.05, 4.69) is 146 Å². The second kappa shape index (κ2) is 12.8. The molecule has 0 spiro atoms. The summed E-state index contributed by atoms with van der Waals surface area (Å²) in [5.74, 6) is 0. The molecule has 0 saturated carbocycles. The van der Waals surface area contributed by atoms with E-state index in [4.69, 9.17) is 9.47 Å². The zero-order chi connectivity index (χ0) is 26.3. The van der Waals surface area contributed by atoms with Crippen LogP contribution in [0.3, 0.4) is 0 Å². The average Bonchev–Trinajstić information content (AvgIpc) is 3.43. The van der Waals surface area contributed by atoms with Crippen molar-refractivity contribution in [1.82, 2.24) is 0 Å². The zero-order valence-corrected chi connectivity index (χ0v) is 23.6. The van der Waals surface area contributed by atoms with Gasteiger partial charge in [0.1, 0.15) is 0 Å². The van der Waals surface area contributed by atoms with Crippen molar-refractivity contribution in [3.05, 3.63) is 157 Å². The maximum atomic E-state index is 6.81. The number of hydrogen-bond donors (Lipinski definition) is 0. The second-order valence-electron chi connectivity index (χ2n) is 9.66. The largest absolute Gasteiger partial charge is 0.342 e. The van der Waals surface area contributed by atoms with Crippen LogP contribution in [0.15, 0.2) is 152 Å². The van der Waals surface area contributed by atoms with Crippen LogP contribution in [0.4, 0.5) is 0 Å². The zero-order valence-electron chi connectivity index (χ0n) is 21.8. The van der Waals surface area contributed by atoms with Crippen LogP contribution in [0.25, 0.3) is 0 Å². The molecule has 5 aromatic rings. The third-order valence-corrected chi connectivity index (χ3v) is 12.2. The van der Waals surface area contributed by atoms with Gasteiger partial charge in [0.15, 0.2) is 6.29 Å². The van der Waals surface area contributed by atoms with E-state index in [9.17, 15) is 0 Å². The first-order valence-electron chi connectivity index (χ1n) is 13.5. The Labute approximate surface area is 234 Å². The molecule has 1 aliphatic rings. The van der Waals surface area contributed by atoms with Crippen molar-refractivity contribution in [3.8, 4) is 0 Å². The van der Waals surface area contributed by atoms with E-state index in [1.807, 2.05) is 6.07 Å². The predicted octanol–water partition coefficient (Wildman–Crippen LogP) is 6.74. The lowest BCUT2D eigenvalue weighted by Gasteiger charge is -2.27. The number of hydrogen-bond acceptors (Lipinski definition) is 2. The van der Waals surface area contributed by atoms with Gasteiger partial charge in [-0.2, -0.15) is 0 Å². The van der Waals surface area contributed by atoms with Crippen LogP contribution in [0, 0.1) is 0 Å². The predicted molar refractivity (Wildman–Crippen MR) is 167 cm³/mol.